The number of thioether (sulfide) groups is 1. The lowest BCUT2D eigenvalue weighted by atomic mass is 9.88. The molecule has 2 aromatic heterocycles. The maximum Gasteiger partial charge on any atom is 0.331 e. The number of benzene rings is 3. The first kappa shape index (κ1) is 33.8. The van der Waals surface area contributed by atoms with Gasteiger partial charge in [-0.15, -0.1) is 11.8 Å². The Morgan fingerprint density at radius 2 is 1.77 bits per heavy atom. The van der Waals surface area contributed by atoms with E-state index in [1.165, 1.54) is 0 Å². The molecule has 0 saturated carbocycles. The number of aromatic nitrogens is 4. The Morgan fingerprint density at radius 1 is 1.00 bits per heavy atom. The molecule has 0 amide bonds. The summed E-state index contributed by atoms with van der Waals surface area (Å²) in [5.74, 6) is -0.223. The SMILES string of the molecule is CC(C(=O)O)=C1CCCOc2cc(cc3ccccc23)SCc2cc(nn2C)CS(=O)(=O)Cc2nn(C)c(C)c2-c2c(Cl)ccc1c2C. The van der Waals surface area contributed by atoms with Crippen molar-refractivity contribution in [3.63, 3.8) is 0 Å². The maximum atomic E-state index is 13.7. The molecule has 0 fully saturated rings. The third-order valence-corrected chi connectivity index (χ3v) is 11.7. The summed E-state index contributed by atoms with van der Waals surface area (Å²) in [6, 6.07) is 17.6. The van der Waals surface area contributed by atoms with Crippen molar-refractivity contribution in [2.45, 2.75) is 55.8 Å². The summed E-state index contributed by atoms with van der Waals surface area (Å²) in [5, 5.41) is 21.7. The lowest BCUT2D eigenvalue weighted by molar-refractivity contribution is -0.132. The van der Waals surface area contributed by atoms with Crippen LogP contribution in [0.25, 0.3) is 27.5 Å². The number of aliphatic carboxylic acids is 1. The molecule has 3 aromatic carbocycles. The van der Waals surface area contributed by atoms with Crippen LogP contribution in [0.2, 0.25) is 5.02 Å². The number of ether oxygens (including phenoxy) is 1. The van der Waals surface area contributed by atoms with Crippen molar-refractivity contribution in [1.29, 1.82) is 0 Å². The van der Waals surface area contributed by atoms with Crippen LogP contribution in [0.5, 0.6) is 5.75 Å². The first-order valence-electron chi connectivity index (χ1n) is 15.6. The number of rotatable bonds is 1. The summed E-state index contributed by atoms with van der Waals surface area (Å²) in [6.07, 6.45) is 1.01. The van der Waals surface area contributed by atoms with Crippen LogP contribution < -0.4 is 4.74 Å². The molecule has 12 heteroatoms. The topological polar surface area (TPSA) is 116 Å². The lowest BCUT2D eigenvalue weighted by Crippen LogP contribution is -2.10. The van der Waals surface area contributed by atoms with Crippen molar-refractivity contribution in [2.24, 2.45) is 14.1 Å². The van der Waals surface area contributed by atoms with Crippen LogP contribution >= 0.6 is 23.4 Å². The molecule has 1 aliphatic heterocycles. The molecule has 1 aliphatic rings. The number of hydrogen-bond donors (Lipinski definition) is 1. The van der Waals surface area contributed by atoms with E-state index in [1.54, 1.807) is 41.2 Å². The van der Waals surface area contributed by atoms with E-state index in [0.717, 1.165) is 43.9 Å². The predicted molar refractivity (Wildman–Crippen MR) is 191 cm³/mol. The number of hydrogen-bond acceptors (Lipinski definition) is 7. The minimum absolute atomic E-state index is 0.230. The second kappa shape index (κ2) is 13.4. The number of nitrogens with zero attached hydrogens (tertiary/aromatic N) is 4. The van der Waals surface area contributed by atoms with Crippen molar-refractivity contribution >= 4 is 55.5 Å². The van der Waals surface area contributed by atoms with Crippen molar-refractivity contribution in [2.75, 3.05) is 6.61 Å². The van der Waals surface area contributed by atoms with E-state index in [-0.39, 0.29) is 17.1 Å². The van der Waals surface area contributed by atoms with Crippen LogP contribution in [-0.4, -0.2) is 45.7 Å². The Bertz CT molecular complexity index is 2220. The second-order valence-electron chi connectivity index (χ2n) is 12.2. The molecule has 3 heterocycles. The highest BCUT2D eigenvalue weighted by Gasteiger charge is 2.27. The average molecular weight is 705 g/mol. The summed E-state index contributed by atoms with van der Waals surface area (Å²) in [5.41, 5.74) is 6.17. The predicted octanol–water partition coefficient (Wildman–Crippen LogP) is 7.68. The molecule has 1 N–H and O–H groups in total. The van der Waals surface area contributed by atoms with Gasteiger partial charge in [-0.05, 0) is 80.0 Å². The van der Waals surface area contributed by atoms with Gasteiger partial charge in [-0.3, -0.25) is 9.36 Å². The van der Waals surface area contributed by atoms with Crippen molar-refractivity contribution < 1.29 is 23.1 Å². The van der Waals surface area contributed by atoms with Gasteiger partial charge in [0.05, 0.1) is 29.5 Å². The number of fused-ring (bicyclic) bond motifs is 10. The smallest absolute Gasteiger partial charge is 0.331 e. The summed E-state index contributed by atoms with van der Waals surface area (Å²) in [6.45, 7) is 5.76. The number of allylic oxidation sites excluding steroid dienone is 1. The number of carbonyl (C=O) groups is 1. The first-order valence-corrected chi connectivity index (χ1v) is 18.8. The molecule has 0 unspecified atom stereocenters. The summed E-state index contributed by atoms with van der Waals surface area (Å²) in [4.78, 5) is 13.4. The van der Waals surface area contributed by atoms with E-state index >= 15 is 0 Å². The minimum atomic E-state index is -3.70. The average Bonchev–Trinajstić information content (AvgIpc) is 3.51. The van der Waals surface area contributed by atoms with Crippen LogP contribution in [0.15, 0.2) is 65.1 Å². The highest BCUT2D eigenvalue weighted by molar-refractivity contribution is 7.98. The fourth-order valence-electron chi connectivity index (χ4n) is 6.37. The monoisotopic (exact) mass is 704 g/mol. The van der Waals surface area contributed by atoms with Gasteiger partial charge in [-0.25, -0.2) is 13.2 Å². The molecule has 0 atom stereocenters. The van der Waals surface area contributed by atoms with Gasteiger partial charge in [-0.1, -0.05) is 41.9 Å². The molecule has 0 saturated heterocycles. The Hall–Kier alpha value is -4.06. The largest absolute Gasteiger partial charge is 0.493 e. The fraction of sp³-hybridized carbons (Fsp3) is 0.306. The van der Waals surface area contributed by atoms with Crippen LogP contribution in [0, 0.1) is 13.8 Å². The third kappa shape index (κ3) is 6.76. The quantitative estimate of drug-likeness (QED) is 0.177. The van der Waals surface area contributed by atoms with Gasteiger partial charge < -0.3 is 9.84 Å². The first-order chi connectivity index (χ1) is 22.8. The fourth-order valence-corrected chi connectivity index (χ4v) is 8.97. The molecule has 6 rings (SSSR count). The second-order valence-corrected chi connectivity index (χ2v) is 15.7. The van der Waals surface area contributed by atoms with Crippen molar-refractivity contribution in [1.82, 2.24) is 19.6 Å². The number of halogens is 1. The molecule has 0 spiro atoms. The van der Waals surface area contributed by atoms with Crippen LogP contribution in [0.3, 0.4) is 0 Å². The number of aryl methyl sites for hydroxylation is 2. The van der Waals surface area contributed by atoms with Gasteiger partial charge in [0.25, 0.3) is 0 Å². The van der Waals surface area contributed by atoms with Crippen LogP contribution in [0.1, 0.15) is 53.7 Å². The Balaban J connectivity index is 1.50. The van der Waals surface area contributed by atoms with Crippen LogP contribution in [0.4, 0.5) is 0 Å². The van der Waals surface area contributed by atoms with Crippen molar-refractivity contribution in [3.8, 4) is 16.9 Å². The maximum absolute atomic E-state index is 13.7. The zero-order valence-corrected chi connectivity index (χ0v) is 29.9. The molecule has 0 radical (unpaired) electrons. The highest BCUT2D eigenvalue weighted by atomic mass is 35.5. The van der Waals surface area contributed by atoms with Gasteiger partial charge in [0.2, 0.25) is 0 Å². The van der Waals surface area contributed by atoms with Gasteiger partial charge in [0.1, 0.15) is 5.75 Å². The third-order valence-electron chi connectivity index (χ3n) is 8.93. The molecule has 250 valence electrons. The van der Waals surface area contributed by atoms with E-state index in [0.29, 0.717) is 58.3 Å². The van der Waals surface area contributed by atoms with E-state index in [1.807, 2.05) is 63.4 Å². The van der Waals surface area contributed by atoms with E-state index in [2.05, 4.69) is 16.3 Å². The summed E-state index contributed by atoms with van der Waals surface area (Å²) >= 11 is 8.49. The summed E-state index contributed by atoms with van der Waals surface area (Å²) in [7, 11) is -0.108. The molecule has 0 aliphatic carbocycles. The standard InChI is InChI=1S/C36H37ClN4O5S2/c1-21-29-12-13-31(37)34(21)35-23(3)40(4)39-32(35)20-48(44,45)19-25-16-26(41(5)38-25)18-47-27-15-24-9-6-7-10-30(24)33(17-27)46-14-8-11-28(29)22(2)36(42)43/h6-7,9-10,12-13,15-17H,8,11,14,18-20H2,1-5H3,(H,42,43). The highest BCUT2D eigenvalue weighted by Crippen LogP contribution is 2.41. The zero-order valence-electron chi connectivity index (χ0n) is 27.5. The summed E-state index contributed by atoms with van der Waals surface area (Å²) < 4.78 is 37.2. The van der Waals surface area contributed by atoms with E-state index in [9.17, 15) is 18.3 Å². The van der Waals surface area contributed by atoms with E-state index < -0.39 is 15.8 Å². The van der Waals surface area contributed by atoms with E-state index in [4.69, 9.17) is 16.3 Å². The molecular weight excluding hydrogens is 668 g/mol. The molecule has 48 heavy (non-hydrogen) atoms. The van der Waals surface area contributed by atoms with Gasteiger partial charge >= 0.3 is 5.97 Å². The molecule has 9 nitrogen and oxygen atoms in total. The minimum Gasteiger partial charge on any atom is -0.493 e. The number of carboxylic acid groups (broad SMARTS) is 1. The normalized spacial score (nSPS) is 16.5. The van der Waals surface area contributed by atoms with Crippen LogP contribution in [-0.2, 0) is 46.0 Å². The van der Waals surface area contributed by atoms with Gasteiger partial charge in [0.15, 0.2) is 9.84 Å². The number of carboxylic acids is 1. The Kier molecular flexibility index (Phi) is 9.48. The Labute approximate surface area is 289 Å². The van der Waals surface area contributed by atoms with Gasteiger partial charge in [-0.2, -0.15) is 10.2 Å². The lowest BCUT2D eigenvalue weighted by Gasteiger charge is -2.19. The van der Waals surface area contributed by atoms with Crippen molar-refractivity contribution in [3.05, 3.63) is 99.1 Å². The zero-order chi connectivity index (χ0) is 34.3. The molecule has 5 aromatic rings. The molecule has 6 bridgehead atoms. The number of sulfone groups is 1. The van der Waals surface area contributed by atoms with Gasteiger partial charge in [0, 0.05) is 63.2 Å². The Morgan fingerprint density at radius 3 is 2.54 bits per heavy atom. The molecular formula is C36H37ClN4O5S2.